The van der Waals surface area contributed by atoms with Gasteiger partial charge in [0.15, 0.2) is 0 Å². The van der Waals surface area contributed by atoms with Gasteiger partial charge in [0.1, 0.15) is 11.3 Å². The quantitative estimate of drug-likeness (QED) is 0.659. The van der Waals surface area contributed by atoms with Gasteiger partial charge in [-0.05, 0) is 12.1 Å². The molecule has 8 heteroatoms. The van der Waals surface area contributed by atoms with Gasteiger partial charge >= 0.3 is 12.0 Å². The molecule has 2 aromatic rings. The van der Waals surface area contributed by atoms with Gasteiger partial charge in [-0.1, -0.05) is 0 Å². The van der Waals surface area contributed by atoms with Crippen LogP contribution in [0.1, 0.15) is 10.4 Å². The second kappa shape index (κ2) is 5.08. The molecule has 8 nitrogen and oxygen atoms in total. The zero-order chi connectivity index (χ0) is 13.8. The topological polar surface area (TPSA) is 115 Å². The highest BCUT2D eigenvalue weighted by Gasteiger charge is 2.20. The van der Waals surface area contributed by atoms with Crippen molar-refractivity contribution in [3.8, 4) is 11.8 Å². The maximum absolute atomic E-state index is 10.9. The Bertz CT molecular complexity index is 629. The third-order valence-corrected chi connectivity index (χ3v) is 2.15. The summed E-state index contributed by atoms with van der Waals surface area (Å²) in [6.07, 6.45) is 2.90. The number of rotatable bonds is 4. The summed E-state index contributed by atoms with van der Waals surface area (Å²) in [6, 6.07) is 5.00. The number of carbonyl (C=O) groups is 1. The first-order valence-electron chi connectivity index (χ1n) is 5.04. The lowest BCUT2D eigenvalue weighted by atomic mass is 10.2. The molecule has 0 fully saturated rings. The van der Waals surface area contributed by atoms with Crippen molar-refractivity contribution in [3.63, 3.8) is 0 Å². The fraction of sp³-hybridized carbons (Fsp3) is 0. The van der Waals surface area contributed by atoms with Crippen molar-refractivity contribution in [2.75, 3.05) is 0 Å². The normalized spacial score (nSPS) is 9.89. The number of nitrogens with zero attached hydrogens (tertiary/aromatic N) is 3. The average molecular weight is 261 g/mol. The van der Waals surface area contributed by atoms with E-state index in [2.05, 4.69) is 9.97 Å². The lowest BCUT2D eigenvalue weighted by Crippen LogP contribution is -2.03. The van der Waals surface area contributed by atoms with E-state index in [9.17, 15) is 14.9 Å². The molecule has 0 amide bonds. The van der Waals surface area contributed by atoms with E-state index in [0.29, 0.717) is 0 Å². The predicted molar refractivity (Wildman–Crippen MR) is 62.2 cm³/mol. The van der Waals surface area contributed by atoms with E-state index in [1.54, 1.807) is 6.07 Å². The second-order valence-electron chi connectivity index (χ2n) is 3.37. The number of carboxylic acids is 1. The Morgan fingerprint density at radius 3 is 2.58 bits per heavy atom. The number of nitro benzene ring substituents is 1. The summed E-state index contributed by atoms with van der Waals surface area (Å²) < 4.78 is 5.20. The summed E-state index contributed by atoms with van der Waals surface area (Å²) in [4.78, 5) is 28.4. The van der Waals surface area contributed by atoms with Crippen LogP contribution in [0.25, 0.3) is 0 Å². The van der Waals surface area contributed by atoms with Crippen molar-refractivity contribution in [3.05, 3.63) is 52.3 Å². The molecule has 0 saturated carbocycles. The van der Waals surface area contributed by atoms with Crippen LogP contribution < -0.4 is 4.74 Å². The van der Waals surface area contributed by atoms with Crippen LogP contribution >= 0.6 is 0 Å². The predicted octanol–water partition coefficient (Wildman–Crippen LogP) is 1.88. The minimum absolute atomic E-state index is 0.0210. The number of nitro groups is 1. The van der Waals surface area contributed by atoms with Gasteiger partial charge in [0.25, 0.3) is 5.69 Å². The van der Waals surface area contributed by atoms with Gasteiger partial charge in [0.05, 0.1) is 4.92 Å². The number of hydrogen-bond acceptors (Lipinski definition) is 6. The van der Waals surface area contributed by atoms with Gasteiger partial charge in [-0.3, -0.25) is 10.1 Å². The number of carboxylic acid groups (broad SMARTS) is 1. The molecule has 1 aromatic carbocycles. The molecule has 1 N–H and O–H groups in total. The molecule has 0 spiro atoms. The Balaban J connectivity index is 2.36. The van der Waals surface area contributed by atoms with Crippen molar-refractivity contribution in [1.29, 1.82) is 0 Å². The summed E-state index contributed by atoms with van der Waals surface area (Å²) in [5, 5.41) is 19.6. The first-order valence-corrected chi connectivity index (χ1v) is 5.04. The Labute approximate surface area is 106 Å². The number of benzene rings is 1. The van der Waals surface area contributed by atoms with Crippen LogP contribution in [0.3, 0.4) is 0 Å². The largest absolute Gasteiger partial charge is 0.477 e. The first-order chi connectivity index (χ1) is 9.08. The third kappa shape index (κ3) is 2.80. The molecule has 0 atom stereocenters. The molecule has 0 radical (unpaired) electrons. The summed E-state index contributed by atoms with van der Waals surface area (Å²) in [7, 11) is 0. The molecular formula is C11H7N3O5. The first kappa shape index (κ1) is 12.4. The van der Waals surface area contributed by atoms with Gasteiger partial charge in [0.2, 0.25) is 0 Å². The standard InChI is InChI=1S/C11H7N3O5/c15-10(16)8-6-7(2-3-9(8)14(17)18)19-11-12-4-1-5-13-11/h1-6H,(H,15,16). The third-order valence-electron chi connectivity index (χ3n) is 2.15. The van der Waals surface area contributed by atoms with Gasteiger partial charge in [-0.25, -0.2) is 14.8 Å². The number of ether oxygens (including phenoxy) is 1. The highest BCUT2D eigenvalue weighted by atomic mass is 16.6. The van der Waals surface area contributed by atoms with Gasteiger partial charge < -0.3 is 9.84 Å². The molecule has 0 saturated heterocycles. The number of hydrogen-bond donors (Lipinski definition) is 1. The van der Waals surface area contributed by atoms with Crippen LogP contribution in [-0.4, -0.2) is 26.0 Å². The Hall–Kier alpha value is -3.03. The van der Waals surface area contributed by atoms with E-state index < -0.39 is 22.1 Å². The van der Waals surface area contributed by atoms with E-state index in [0.717, 1.165) is 12.1 Å². The van der Waals surface area contributed by atoms with E-state index in [4.69, 9.17) is 9.84 Å². The van der Waals surface area contributed by atoms with Gasteiger partial charge in [0, 0.05) is 24.5 Å². The summed E-state index contributed by atoms with van der Waals surface area (Å²) in [5.74, 6) is -1.31. The van der Waals surface area contributed by atoms with Crippen LogP contribution in [-0.2, 0) is 0 Å². The molecule has 1 heterocycles. The van der Waals surface area contributed by atoms with Crippen LogP contribution in [0.5, 0.6) is 11.8 Å². The monoisotopic (exact) mass is 261 g/mol. The van der Waals surface area contributed by atoms with E-state index in [-0.39, 0.29) is 11.8 Å². The minimum atomic E-state index is -1.41. The SMILES string of the molecule is O=C(O)c1cc(Oc2ncccn2)ccc1[N+](=O)[O-]. The molecule has 96 valence electrons. The van der Waals surface area contributed by atoms with Crippen LogP contribution in [0.4, 0.5) is 5.69 Å². The number of aromatic carboxylic acids is 1. The fourth-order valence-corrected chi connectivity index (χ4v) is 1.35. The zero-order valence-corrected chi connectivity index (χ0v) is 9.39. The maximum atomic E-state index is 10.9. The zero-order valence-electron chi connectivity index (χ0n) is 9.39. The molecule has 2 rings (SSSR count). The molecule has 0 aliphatic rings. The maximum Gasteiger partial charge on any atom is 0.342 e. The average Bonchev–Trinajstić information content (AvgIpc) is 2.39. The van der Waals surface area contributed by atoms with Crippen molar-refractivity contribution >= 4 is 11.7 Å². The van der Waals surface area contributed by atoms with Crippen LogP contribution in [0, 0.1) is 10.1 Å². The van der Waals surface area contributed by atoms with E-state index in [1.165, 1.54) is 18.5 Å². The summed E-state index contributed by atoms with van der Waals surface area (Å²) in [5.41, 5.74) is -0.965. The van der Waals surface area contributed by atoms with Crippen molar-refractivity contribution in [2.24, 2.45) is 0 Å². The van der Waals surface area contributed by atoms with E-state index >= 15 is 0 Å². The van der Waals surface area contributed by atoms with Crippen molar-refractivity contribution < 1.29 is 19.6 Å². The Morgan fingerprint density at radius 2 is 2.00 bits per heavy atom. The molecular weight excluding hydrogens is 254 g/mol. The smallest absolute Gasteiger partial charge is 0.342 e. The highest BCUT2D eigenvalue weighted by molar-refractivity contribution is 5.92. The number of aromatic nitrogens is 2. The van der Waals surface area contributed by atoms with Gasteiger partial charge in [-0.2, -0.15) is 0 Å². The molecule has 0 unspecified atom stereocenters. The van der Waals surface area contributed by atoms with E-state index in [1.807, 2.05) is 0 Å². The minimum Gasteiger partial charge on any atom is -0.477 e. The summed E-state index contributed by atoms with van der Waals surface area (Å²) >= 11 is 0. The highest BCUT2D eigenvalue weighted by Crippen LogP contribution is 2.26. The molecule has 19 heavy (non-hydrogen) atoms. The molecule has 0 aliphatic heterocycles. The Morgan fingerprint density at radius 1 is 1.32 bits per heavy atom. The Kier molecular flexibility index (Phi) is 3.33. The molecule has 1 aromatic heterocycles. The molecule has 0 bridgehead atoms. The van der Waals surface area contributed by atoms with Crippen molar-refractivity contribution in [2.45, 2.75) is 0 Å². The lowest BCUT2D eigenvalue weighted by Gasteiger charge is -2.04. The van der Waals surface area contributed by atoms with Crippen LogP contribution in [0.2, 0.25) is 0 Å². The van der Waals surface area contributed by atoms with Gasteiger partial charge in [-0.15, -0.1) is 0 Å². The van der Waals surface area contributed by atoms with Crippen LogP contribution in [0.15, 0.2) is 36.7 Å². The second-order valence-corrected chi connectivity index (χ2v) is 3.37. The van der Waals surface area contributed by atoms with Crippen molar-refractivity contribution in [1.82, 2.24) is 9.97 Å². The lowest BCUT2D eigenvalue weighted by molar-refractivity contribution is -0.385. The molecule has 0 aliphatic carbocycles. The fourth-order valence-electron chi connectivity index (χ4n) is 1.35. The summed E-state index contributed by atoms with van der Waals surface area (Å²) in [6.45, 7) is 0.